The third-order valence-electron chi connectivity index (χ3n) is 5.27. The van der Waals surface area contributed by atoms with Crippen LogP contribution in [0.25, 0.3) is 0 Å². The molecule has 0 aliphatic carbocycles. The highest BCUT2D eigenvalue weighted by Gasteiger charge is 2.37. The van der Waals surface area contributed by atoms with Crippen LogP contribution < -0.4 is 0 Å². The molecule has 0 bridgehead atoms. The van der Waals surface area contributed by atoms with Crippen molar-refractivity contribution in [2.45, 2.75) is 78.4 Å². The molecule has 2 nitrogen and oxygen atoms in total. The lowest BCUT2D eigenvalue weighted by molar-refractivity contribution is -0.126. The fourth-order valence-electron chi connectivity index (χ4n) is 2.31. The Morgan fingerprint density at radius 3 is 2.04 bits per heavy atom. The van der Waals surface area contributed by atoms with Crippen LogP contribution in [0.2, 0.25) is 18.1 Å². The highest BCUT2D eigenvalue weighted by atomic mass is 28.4. The lowest BCUT2D eigenvalue weighted by Crippen LogP contribution is -2.41. The molecule has 1 aromatic rings. The number of benzene rings is 1. The highest BCUT2D eigenvalue weighted by molar-refractivity contribution is 6.74. The van der Waals surface area contributed by atoms with E-state index in [4.69, 9.17) is 4.43 Å². The molecule has 0 amide bonds. The molecule has 0 aliphatic heterocycles. The summed E-state index contributed by atoms with van der Waals surface area (Å²) in [6.45, 7) is 18.1. The molecule has 136 valence electrons. The van der Waals surface area contributed by atoms with E-state index in [1.165, 1.54) is 5.56 Å². The number of hydrogen-bond acceptors (Lipinski definition) is 2. The first-order valence-electron chi connectivity index (χ1n) is 9.07. The van der Waals surface area contributed by atoms with Crippen molar-refractivity contribution in [1.82, 2.24) is 0 Å². The molecule has 0 radical (unpaired) electrons. The number of carbonyl (C=O) groups is 1. The monoisotopic (exact) mass is 348 g/mol. The summed E-state index contributed by atoms with van der Waals surface area (Å²) in [5.41, 5.74) is 0.960. The molecule has 0 aliphatic rings. The van der Waals surface area contributed by atoms with Gasteiger partial charge in [-0.1, -0.05) is 71.9 Å². The fourth-order valence-corrected chi connectivity index (χ4v) is 3.38. The zero-order valence-corrected chi connectivity index (χ0v) is 17.9. The molecular formula is C21H36O2Si. The summed E-state index contributed by atoms with van der Waals surface area (Å²) >= 11 is 0. The molecule has 0 aromatic heterocycles. The van der Waals surface area contributed by atoms with Crippen LogP contribution in [0.15, 0.2) is 30.3 Å². The molecule has 0 saturated carbocycles. The Labute approximate surface area is 150 Å². The SMILES string of the molecule is CC(C)(C)C(=O)C[C@@H](CCO[Si](C)(C)C(C)(C)C)c1ccccc1. The van der Waals surface area contributed by atoms with Gasteiger partial charge < -0.3 is 4.43 Å². The second-order valence-corrected chi connectivity index (χ2v) is 14.2. The topological polar surface area (TPSA) is 26.3 Å². The summed E-state index contributed by atoms with van der Waals surface area (Å²) in [7, 11) is -1.73. The van der Waals surface area contributed by atoms with E-state index in [-0.39, 0.29) is 16.4 Å². The molecule has 1 aromatic carbocycles. The zero-order valence-electron chi connectivity index (χ0n) is 16.9. The van der Waals surface area contributed by atoms with Gasteiger partial charge in [-0.2, -0.15) is 0 Å². The Morgan fingerprint density at radius 2 is 1.58 bits per heavy atom. The van der Waals surface area contributed by atoms with Crippen LogP contribution in [0.3, 0.4) is 0 Å². The van der Waals surface area contributed by atoms with Crippen LogP contribution in [0.5, 0.6) is 0 Å². The highest BCUT2D eigenvalue weighted by Crippen LogP contribution is 2.37. The average molecular weight is 349 g/mol. The van der Waals surface area contributed by atoms with Crippen LogP contribution in [0.4, 0.5) is 0 Å². The van der Waals surface area contributed by atoms with Crippen LogP contribution in [-0.4, -0.2) is 20.7 Å². The number of Topliss-reactive ketones (excluding diaryl/α,β-unsaturated/α-hetero) is 1. The quantitative estimate of drug-likeness (QED) is 0.549. The maximum atomic E-state index is 12.5. The van der Waals surface area contributed by atoms with Crippen molar-refractivity contribution < 1.29 is 9.22 Å². The largest absolute Gasteiger partial charge is 0.417 e. The number of ketones is 1. The number of carbonyl (C=O) groups excluding carboxylic acids is 1. The minimum Gasteiger partial charge on any atom is -0.417 e. The summed E-state index contributed by atoms with van der Waals surface area (Å²) < 4.78 is 6.34. The van der Waals surface area contributed by atoms with Gasteiger partial charge in [0.25, 0.3) is 0 Å². The second kappa shape index (κ2) is 7.96. The summed E-state index contributed by atoms with van der Waals surface area (Å²) in [5, 5.41) is 0.219. The Bertz CT molecular complexity index is 521. The first-order valence-corrected chi connectivity index (χ1v) is 12.0. The normalized spacial score (nSPS) is 14.5. The van der Waals surface area contributed by atoms with Crippen molar-refractivity contribution >= 4 is 14.1 Å². The molecule has 0 saturated heterocycles. The molecule has 0 fully saturated rings. The van der Waals surface area contributed by atoms with E-state index in [2.05, 4.69) is 58.1 Å². The minimum absolute atomic E-state index is 0.219. The standard InChI is InChI=1S/C21H36O2Si/c1-20(2,3)19(22)16-18(17-12-10-9-11-13-17)14-15-23-24(7,8)21(4,5)6/h9-13,18H,14-16H2,1-8H3/t18-/m1/s1. The van der Waals surface area contributed by atoms with E-state index in [0.29, 0.717) is 12.2 Å². The molecule has 1 rings (SSSR count). The van der Waals surface area contributed by atoms with Crippen molar-refractivity contribution in [3.63, 3.8) is 0 Å². The predicted octanol–water partition coefficient (Wildman–Crippen LogP) is 6.19. The van der Waals surface area contributed by atoms with E-state index in [1.54, 1.807) is 0 Å². The van der Waals surface area contributed by atoms with Gasteiger partial charge in [-0.3, -0.25) is 4.79 Å². The summed E-state index contributed by atoms with van der Waals surface area (Å²) in [6.07, 6.45) is 1.49. The van der Waals surface area contributed by atoms with Gasteiger partial charge >= 0.3 is 0 Å². The molecule has 0 N–H and O–H groups in total. The Morgan fingerprint density at radius 1 is 1.04 bits per heavy atom. The van der Waals surface area contributed by atoms with Crippen molar-refractivity contribution in [1.29, 1.82) is 0 Å². The first kappa shape index (κ1) is 21.1. The van der Waals surface area contributed by atoms with Crippen LogP contribution in [0.1, 0.15) is 65.9 Å². The molecule has 24 heavy (non-hydrogen) atoms. The number of hydrogen-bond donors (Lipinski definition) is 0. The van der Waals surface area contributed by atoms with Gasteiger partial charge in [0.1, 0.15) is 5.78 Å². The van der Waals surface area contributed by atoms with Gasteiger partial charge in [-0.05, 0) is 36.0 Å². The van der Waals surface area contributed by atoms with Gasteiger partial charge in [0.05, 0.1) is 0 Å². The third kappa shape index (κ3) is 6.17. The lowest BCUT2D eigenvalue weighted by atomic mass is 9.82. The molecule has 0 spiro atoms. The minimum atomic E-state index is -1.73. The summed E-state index contributed by atoms with van der Waals surface area (Å²) in [5.74, 6) is 0.561. The Hall–Kier alpha value is -0.933. The van der Waals surface area contributed by atoms with Gasteiger partial charge in [0.15, 0.2) is 8.32 Å². The fraction of sp³-hybridized carbons (Fsp3) is 0.667. The molecule has 1 atom stereocenters. The van der Waals surface area contributed by atoms with Gasteiger partial charge in [-0.25, -0.2) is 0 Å². The van der Waals surface area contributed by atoms with Crippen LogP contribution in [0, 0.1) is 5.41 Å². The Kier molecular flexibility index (Phi) is 7.01. The first-order chi connectivity index (χ1) is 10.8. The summed E-state index contributed by atoms with van der Waals surface area (Å²) in [4.78, 5) is 12.5. The van der Waals surface area contributed by atoms with E-state index in [9.17, 15) is 4.79 Å². The third-order valence-corrected chi connectivity index (χ3v) is 9.81. The predicted molar refractivity (Wildman–Crippen MR) is 106 cm³/mol. The van der Waals surface area contributed by atoms with Crippen molar-refractivity contribution in [2.24, 2.45) is 5.41 Å². The Balaban J connectivity index is 2.79. The van der Waals surface area contributed by atoms with E-state index in [1.807, 2.05) is 26.8 Å². The maximum Gasteiger partial charge on any atom is 0.191 e. The van der Waals surface area contributed by atoms with Crippen LogP contribution in [-0.2, 0) is 9.22 Å². The smallest absolute Gasteiger partial charge is 0.191 e. The van der Waals surface area contributed by atoms with Crippen molar-refractivity contribution in [2.75, 3.05) is 6.61 Å². The molecule has 0 unspecified atom stereocenters. The second-order valence-electron chi connectivity index (χ2n) is 9.38. The van der Waals surface area contributed by atoms with Gasteiger partial charge in [0, 0.05) is 18.4 Å². The van der Waals surface area contributed by atoms with E-state index in [0.717, 1.165) is 13.0 Å². The number of rotatable bonds is 7. The van der Waals surface area contributed by atoms with Gasteiger partial charge in [0.2, 0.25) is 0 Å². The molecular weight excluding hydrogens is 312 g/mol. The lowest BCUT2D eigenvalue weighted by Gasteiger charge is -2.36. The van der Waals surface area contributed by atoms with Crippen molar-refractivity contribution in [3.05, 3.63) is 35.9 Å². The summed E-state index contributed by atoms with van der Waals surface area (Å²) in [6, 6.07) is 10.4. The molecule has 0 heterocycles. The average Bonchev–Trinajstić information content (AvgIpc) is 2.44. The van der Waals surface area contributed by atoms with E-state index >= 15 is 0 Å². The zero-order chi connectivity index (χ0) is 18.6. The van der Waals surface area contributed by atoms with E-state index < -0.39 is 8.32 Å². The molecule has 3 heteroatoms. The maximum absolute atomic E-state index is 12.5. The van der Waals surface area contributed by atoms with Gasteiger partial charge in [-0.15, -0.1) is 0 Å². The van der Waals surface area contributed by atoms with Crippen LogP contribution >= 0.6 is 0 Å². The van der Waals surface area contributed by atoms with Crippen molar-refractivity contribution in [3.8, 4) is 0 Å².